The van der Waals surface area contributed by atoms with Crippen LogP contribution in [0.4, 0.5) is 0 Å². The molecule has 1 saturated heterocycles. The lowest BCUT2D eigenvalue weighted by Gasteiger charge is -2.39. The van der Waals surface area contributed by atoms with Crippen LogP contribution in [0.3, 0.4) is 0 Å². The third-order valence-electron chi connectivity index (χ3n) is 5.57. The molecular weight excluding hydrogens is 302 g/mol. The topological polar surface area (TPSA) is 58.8 Å². The molecule has 1 saturated carbocycles. The minimum atomic E-state index is 0.155. The number of carbonyl (C=O) groups is 1. The van der Waals surface area contributed by atoms with Crippen LogP contribution in [0.25, 0.3) is 0 Å². The van der Waals surface area contributed by atoms with Crippen LogP contribution in [-0.2, 0) is 4.79 Å². The highest BCUT2D eigenvalue weighted by Gasteiger charge is 2.33. The molecule has 132 valence electrons. The molecule has 0 spiro atoms. The Balaban J connectivity index is 1.55. The maximum Gasteiger partial charge on any atom is 0.225 e. The minimum absolute atomic E-state index is 0.155. The van der Waals surface area contributed by atoms with Crippen molar-refractivity contribution in [2.45, 2.75) is 38.3 Å². The van der Waals surface area contributed by atoms with E-state index in [9.17, 15) is 4.79 Å². The highest BCUT2D eigenvalue weighted by atomic mass is 16.5. The Kier molecular flexibility index (Phi) is 5.41. The Morgan fingerprint density at radius 3 is 2.62 bits per heavy atom. The van der Waals surface area contributed by atoms with Gasteiger partial charge in [-0.25, -0.2) is 0 Å². The van der Waals surface area contributed by atoms with Gasteiger partial charge in [0, 0.05) is 44.2 Å². The second-order valence-electron chi connectivity index (χ2n) is 7.08. The van der Waals surface area contributed by atoms with Crippen LogP contribution < -0.4 is 10.5 Å². The summed E-state index contributed by atoms with van der Waals surface area (Å²) < 4.78 is 5.32. The van der Waals surface area contributed by atoms with Crippen LogP contribution in [0.5, 0.6) is 5.75 Å². The van der Waals surface area contributed by atoms with Gasteiger partial charge in [0.15, 0.2) is 0 Å². The summed E-state index contributed by atoms with van der Waals surface area (Å²) in [5.41, 5.74) is 7.21. The van der Waals surface area contributed by atoms with Gasteiger partial charge >= 0.3 is 0 Å². The fourth-order valence-electron chi connectivity index (χ4n) is 3.94. The van der Waals surface area contributed by atoms with Crippen molar-refractivity contribution >= 4 is 5.91 Å². The highest BCUT2D eigenvalue weighted by Crippen LogP contribution is 2.28. The van der Waals surface area contributed by atoms with E-state index in [4.69, 9.17) is 10.5 Å². The van der Waals surface area contributed by atoms with E-state index in [1.165, 1.54) is 5.56 Å². The SMILES string of the molecule is COc1cccc([C@H](C)N2CCN(C(=O)[C@H]3CC[C@H](N)C3)CC2)c1. The molecule has 2 aliphatic rings. The number of hydrogen-bond acceptors (Lipinski definition) is 4. The van der Waals surface area contributed by atoms with Crippen molar-refractivity contribution in [3.63, 3.8) is 0 Å². The van der Waals surface area contributed by atoms with E-state index in [1.54, 1.807) is 7.11 Å². The molecule has 1 aromatic rings. The van der Waals surface area contributed by atoms with Crippen molar-refractivity contribution in [1.82, 2.24) is 9.80 Å². The summed E-state index contributed by atoms with van der Waals surface area (Å²) in [6.45, 7) is 5.70. The molecule has 2 fully saturated rings. The van der Waals surface area contributed by atoms with Gasteiger partial charge in [-0.1, -0.05) is 12.1 Å². The van der Waals surface area contributed by atoms with Crippen molar-refractivity contribution in [3.05, 3.63) is 29.8 Å². The first-order chi connectivity index (χ1) is 11.6. The van der Waals surface area contributed by atoms with Crippen molar-refractivity contribution in [1.29, 1.82) is 0 Å². The van der Waals surface area contributed by atoms with E-state index >= 15 is 0 Å². The molecule has 1 aliphatic heterocycles. The fourth-order valence-corrected chi connectivity index (χ4v) is 3.94. The molecule has 1 amide bonds. The number of benzene rings is 1. The number of nitrogens with two attached hydrogens (primary N) is 1. The monoisotopic (exact) mass is 331 g/mol. The number of ether oxygens (including phenoxy) is 1. The van der Waals surface area contributed by atoms with Crippen molar-refractivity contribution < 1.29 is 9.53 Å². The van der Waals surface area contributed by atoms with Gasteiger partial charge < -0.3 is 15.4 Å². The first kappa shape index (κ1) is 17.2. The standard InChI is InChI=1S/C19H29N3O2/c1-14(15-4-3-5-18(13-15)24-2)21-8-10-22(11-9-21)19(23)16-6-7-17(20)12-16/h3-5,13-14,16-17H,6-12,20H2,1-2H3/t14-,16-,17-/m0/s1. The van der Waals surface area contributed by atoms with Crippen LogP contribution in [-0.4, -0.2) is 55.0 Å². The van der Waals surface area contributed by atoms with Gasteiger partial charge in [-0.3, -0.25) is 9.69 Å². The number of hydrogen-bond donors (Lipinski definition) is 1. The first-order valence-electron chi connectivity index (χ1n) is 9.01. The summed E-state index contributed by atoms with van der Waals surface area (Å²) in [6.07, 6.45) is 2.81. The summed E-state index contributed by atoms with van der Waals surface area (Å²) >= 11 is 0. The molecule has 5 heteroatoms. The van der Waals surface area contributed by atoms with Gasteiger partial charge in [0.1, 0.15) is 5.75 Å². The van der Waals surface area contributed by atoms with Crippen LogP contribution in [0.2, 0.25) is 0 Å². The first-order valence-corrected chi connectivity index (χ1v) is 9.01. The lowest BCUT2D eigenvalue weighted by Crippen LogP contribution is -2.50. The zero-order valence-electron chi connectivity index (χ0n) is 14.8. The fraction of sp³-hybridized carbons (Fsp3) is 0.632. The molecule has 0 radical (unpaired) electrons. The maximum atomic E-state index is 12.6. The number of amides is 1. The Labute approximate surface area is 144 Å². The predicted octanol–water partition coefficient (Wildman–Crippen LogP) is 2.03. The Bertz CT molecular complexity index is 569. The largest absolute Gasteiger partial charge is 0.497 e. The van der Waals surface area contributed by atoms with E-state index < -0.39 is 0 Å². The lowest BCUT2D eigenvalue weighted by atomic mass is 10.0. The molecule has 1 aromatic carbocycles. The second-order valence-corrected chi connectivity index (χ2v) is 7.08. The Morgan fingerprint density at radius 1 is 1.25 bits per heavy atom. The van der Waals surface area contributed by atoms with Crippen LogP contribution >= 0.6 is 0 Å². The maximum absolute atomic E-state index is 12.6. The molecule has 5 nitrogen and oxygen atoms in total. The molecule has 1 aliphatic carbocycles. The molecule has 0 aromatic heterocycles. The van der Waals surface area contributed by atoms with E-state index in [-0.39, 0.29) is 12.0 Å². The van der Waals surface area contributed by atoms with Gasteiger partial charge in [-0.2, -0.15) is 0 Å². The summed E-state index contributed by atoms with van der Waals surface area (Å²) in [4.78, 5) is 17.1. The molecule has 2 N–H and O–H groups in total. The van der Waals surface area contributed by atoms with Gasteiger partial charge in [-0.15, -0.1) is 0 Å². The van der Waals surface area contributed by atoms with Crippen molar-refractivity contribution in [2.75, 3.05) is 33.3 Å². The lowest BCUT2D eigenvalue weighted by molar-refractivity contribution is -0.137. The van der Waals surface area contributed by atoms with E-state index in [0.29, 0.717) is 11.9 Å². The van der Waals surface area contributed by atoms with Crippen molar-refractivity contribution in [2.24, 2.45) is 11.7 Å². The highest BCUT2D eigenvalue weighted by molar-refractivity contribution is 5.79. The molecular formula is C19H29N3O2. The number of carbonyl (C=O) groups excluding carboxylic acids is 1. The molecule has 0 unspecified atom stereocenters. The van der Waals surface area contributed by atoms with Crippen molar-refractivity contribution in [3.8, 4) is 5.75 Å². The zero-order valence-corrected chi connectivity index (χ0v) is 14.8. The summed E-state index contributed by atoms with van der Waals surface area (Å²) in [6, 6.07) is 8.80. The van der Waals surface area contributed by atoms with E-state index in [0.717, 1.165) is 51.2 Å². The zero-order chi connectivity index (χ0) is 17.1. The average molecular weight is 331 g/mol. The number of methoxy groups -OCH3 is 1. The molecule has 3 atom stereocenters. The number of nitrogens with zero attached hydrogens (tertiary/aromatic N) is 2. The van der Waals surface area contributed by atoms with Gasteiger partial charge in [-0.05, 0) is 43.9 Å². The van der Waals surface area contributed by atoms with Gasteiger partial charge in [0.05, 0.1) is 7.11 Å². The average Bonchev–Trinajstić information content (AvgIpc) is 3.07. The Morgan fingerprint density at radius 2 is 2.00 bits per heavy atom. The normalized spacial score (nSPS) is 26.4. The number of piperazine rings is 1. The summed E-state index contributed by atoms with van der Waals surface area (Å²) in [5, 5.41) is 0. The van der Waals surface area contributed by atoms with Crippen LogP contribution in [0, 0.1) is 5.92 Å². The predicted molar refractivity (Wildman–Crippen MR) is 94.9 cm³/mol. The molecule has 0 bridgehead atoms. The summed E-state index contributed by atoms with van der Waals surface area (Å²) in [7, 11) is 1.70. The van der Waals surface area contributed by atoms with E-state index in [1.807, 2.05) is 17.0 Å². The quantitative estimate of drug-likeness (QED) is 0.917. The Hall–Kier alpha value is -1.59. The second kappa shape index (κ2) is 7.53. The third-order valence-corrected chi connectivity index (χ3v) is 5.57. The molecule has 1 heterocycles. The van der Waals surface area contributed by atoms with Gasteiger partial charge in [0.2, 0.25) is 5.91 Å². The van der Waals surface area contributed by atoms with E-state index in [2.05, 4.69) is 24.0 Å². The van der Waals surface area contributed by atoms with Gasteiger partial charge in [0.25, 0.3) is 0 Å². The smallest absolute Gasteiger partial charge is 0.225 e. The minimum Gasteiger partial charge on any atom is -0.497 e. The molecule has 24 heavy (non-hydrogen) atoms. The molecule has 3 rings (SSSR count). The third kappa shape index (κ3) is 3.73. The van der Waals surface area contributed by atoms with Crippen LogP contribution in [0.15, 0.2) is 24.3 Å². The van der Waals surface area contributed by atoms with Crippen LogP contribution in [0.1, 0.15) is 37.8 Å². The summed E-state index contributed by atoms with van der Waals surface area (Å²) in [5.74, 6) is 1.37. The number of rotatable bonds is 4.